The Kier molecular flexibility index (Phi) is 6.63. The molecule has 0 saturated heterocycles. The maximum absolute atomic E-state index is 12.2. The highest BCUT2D eigenvalue weighted by molar-refractivity contribution is 8.00. The van der Waals surface area contributed by atoms with E-state index in [9.17, 15) is 9.59 Å². The zero-order valence-corrected chi connectivity index (χ0v) is 16.9. The molecule has 8 heteroatoms. The van der Waals surface area contributed by atoms with Gasteiger partial charge in [0, 0.05) is 17.4 Å². The van der Waals surface area contributed by atoms with Crippen LogP contribution in [-0.4, -0.2) is 26.3 Å². The molecule has 0 aliphatic heterocycles. The van der Waals surface area contributed by atoms with Gasteiger partial charge < -0.3 is 4.74 Å². The lowest BCUT2D eigenvalue weighted by Gasteiger charge is -2.05. The van der Waals surface area contributed by atoms with Crippen molar-refractivity contribution in [2.75, 3.05) is 5.75 Å². The molecule has 0 N–H and O–H groups in total. The van der Waals surface area contributed by atoms with E-state index in [0.717, 1.165) is 29.2 Å². The Balaban J connectivity index is 1.58. The molecule has 0 amide bonds. The number of hydrogen-bond acceptors (Lipinski definition) is 7. The van der Waals surface area contributed by atoms with Gasteiger partial charge in [-0.05, 0) is 25.5 Å². The van der Waals surface area contributed by atoms with E-state index in [4.69, 9.17) is 4.74 Å². The zero-order chi connectivity index (χ0) is 19.2. The van der Waals surface area contributed by atoms with Crippen LogP contribution in [0.25, 0.3) is 4.96 Å². The summed E-state index contributed by atoms with van der Waals surface area (Å²) in [6.07, 6.45) is 2.93. The number of esters is 1. The molecule has 3 aromatic rings. The predicted molar refractivity (Wildman–Crippen MR) is 107 cm³/mol. The van der Waals surface area contributed by atoms with Gasteiger partial charge >= 0.3 is 5.97 Å². The number of fused-ring (bicyclic) bond motifs is 1. The van der Waals surface area contributed by atoms with E-state index >= 15 is 0 Å². The van der Waals surface area contributed by atoms with Crippen LogP contribution in [0.3, 0.4) is 0 Å². The Bertz CT molecular complexity index is 980. The highest BCUT2D eigenvalue weighted by Gasteiger charge is 2.11. The molecule has 2 heterocycles. The third-order valence-corrected chi connectivity index (χ3v) is 5.80. The minimum atomic E-state index is -0.337. The first-order valence-electron chi connectivity index (χ1n) is 8.79. The molecule has 0 fully saturated rings. The first kappa shape index (κ1) is 19.6. The Morgan fingerprint density at radius 1 is 1.30 bits per heavy atom. The van der Waals surface area contributed by atoms with E-state index in [1.165, 1.54) is 39.2 Å². The summed E-state index contributed by atoms with van der Waals surface area (Å²) in [7, 11) is 0. The second-order valence-corrected chi connectivity index (χ2v) is 8.23. The Morgan fingerprint density at radius 3 is 2.81 bits per heavy atom. The van der Waals surface area contributed by atoms with Gasteiger partial charge in [-0.3, -0.25) is 9.59 Å². The number of unbranched alkanes of at least 4 members (excludes halogenated alkanes) is 1. The number of aromatic nitrogens is 3. The second-order valence-electron chi connectivity index (χ2n) is 6.14. The molecule has 0 saturated carbocycles. The van der Waals surface area contributed by atoms with Crippen molar-refractivity contribution < 1.29 is 9.53 Å². The summed E-state index contributed by atoms with van der Waals surface area (Å²) in [5.41, 5.74) is 1.37. The molecular weight excluding hydrogens is 382 g/mol. The van der Waals surface area contributed by atoms with E-state index in [1.807, 2.05) is 31.2 Å². The van der Waals surface area contributed by atoms with E-state index in [0.29, 0.717) is 10.7 Å². The van der Waals surface area contributed by atoms with Crippen molar-refractivity contribution in [3.05, 3.63) is 57.0 Å². The van der Waals surface area contributed by atoms with Gasteiger partial charge in [0.1, 0.15) is 11.6 Å². The number of nitrogens with zero attached hydrogens (tertiary/aromatic N) is 3. The lowest BCUT2D eigenvalue weighted by atomic mass is 10.2. The molecule has 2 aromatic heterocycles. The summed E-state index contributed by atoms with van der Waals surface area (Å²) < 4.78 is 6.58. The molecular formula is C19H21N3O3S2. The molecule has 142 valence electrons. The van der Waals surface area contributed by atoms with E-state index in [1.54, 1.807) is 0 Å². The molecule has 0 atom stereocenters. The van der Waals surface area contributed by atoms with E-state index in [-0.39, 0.29) is 23.9 Å². The summed E-state index contributed by atoms with van der Waals surface area (Å²) in [4.78, 5) is 30.1. The summed E-state index contributed by atoms with van der Waals surface area (Å²) in [6.45, 7) is 4.12. The van der Waals surface area contributed by atoms with Crippen molar-refractivity contribution >= 4 is 34.0 Å². The number of benzene rings is 1. The first-order valence-corrected chi connectivity index (χ1v) is 10.6. The van der Waals surface area contributed by atoms with Crippen molar-refractivity contribution in [1.29, 1.82) is 0 Å². The van der Waals surface area contributed by atoms with Crippen LogP contribution < -0.4 is 5.56 Å². The molecule has 0 spiro atoms. The van der Waals surface area contributed by atoms with Crippen LogP contribution in [0.2, 0.25) is 0 Å². The number of aryl methyl sites for hydroxylation is 2. The molecule has 0 radical (unpaired) electrons. The molecule has 3 rings (SSSR count). The highest BCUT2D eigenvalue weighted by Crippen LogP contribution is 2.18. The van der Waals surface area contributed by atoms with Crippen LogP contribution in [-0.2, 0) is 22.6 Å². The quantitative estimate of drug-likeness (QED) is 0.422. The smallest absolute Gasteiger partial charge is 0.316 e. The lowest BCUT2D eigenvalue weighted by molar-refractivity contribution is -0.141. The highest BCUT2D eigenvalue weighted by atomic mass is 32.2. The zero-order valence-electron chi connectivity index (χ0n) is 15.3. The molecule has 1 aromatic carbocycles. The van der Waals surface area contributed by atoms with E-state index in [2.05, 4.69) is 17.0 Å². The van der Waals surface area contributed by atoms with Crippen LogP contribution in [0.4, 0.5) is 0 Å². The van der Waals surface area contributed by atoms with Crippen LogP contribution in [0.5, 0.6) is 0 Å². The van der Waals surface area contributed by atoms with Gasteiger partial charge in [0.05, 0.1) is 11.4 Å². The van der Waals surface area contributed by atoms with Gasteiger partial charge in [0.2, 0.25) is 4.96 Å². The van der Waals surface area contributed by atoms with E-state index < -0.39 is 0 Å². The van der Waals surface area contributed by atoms with Crippen LogP contribution in [0, 0.1) is 6.92 Å². The number of hydrogen-bond donors (Lipinski definition) is 0. The lowest BCUT2D eigenvalue weighted by Crippen LogP contribution is -2.17. The second kappa shape index (κ2) is 9.14. The molecule has 27 heavy (non-hydrogen) atoms. The third kappa shape index (κ3) is 5.40. The minimum Gasteiger partial charge on any atom is -0.459 e. The summed E-state index contributed by atoms with van der Waals surface area (Å²) in [5, 5.41) is 5.20. The Labute approximate surface area is 165 Å². The number of carbonyl (C=O) groups is 1. The maximum Gasteiger partial charge on any atom is 0.316 e. The number of thioether (sulfide) groups is 1. The number of rotatable bonds is 8. The van der Waals surface area contributed by atoms with Gasteiger partial charge in [0.25, 0.3) is 5.56 Å². The minimum absolute atomic E-state index is 0.0127. The maximum atomic E-state index is 12.2. The molecule has 0 bridgehead atoms. The van der Waals surface area contributed by atoms with Gasteiger partial charge in [-0.1, -0.05) is 42.4 Å². The molecule has 6 nitrogen and oxygen atoms in total. The average Bonchev–Trinajstić information content (AvgIpc) is 3.08. The topological polar surface area (TPSA) is 73.6 Å². The van der Waals surface area contributed by atoms with Gasteiger partial charge in [-0.25, -0.2) is 4.98 Å². The third-order valence-electron chi connectivity index (χ3n) is 3.84. The normalized spacial score (nSPS) is 11.0. The number of ether oxygens (including phenoxy) is 1. The predicted octanol–water partition coefficient (Wildman–Crippen LogP) is 3.64. The monoisotopic (exact) mass is 403 g/mol. The fraction of sp³-hybridized carbons (Fsp3) is 0.368. The fourth-order valence-corrected chi connectivity index (χ4v) is 4.03. The molecule has 0 unspecified atom stereocenters. The van der Waals surface area contributed by atoms with Crippen LogP contribution in [0.1, 0.15) is 36.0 Å². The van der Waals surface area contributed by atoms with Crippen molar-refractivity contribution in [2.45, 2.75) is 44.6 Å². The van der Waals surface area contributed by atoms with Crippen molar-refractivity contribution in [3.63, 3.8) is 0 Å². The van der Waals surface area contributed by atoms with Gasteiger partial charge in [0.15, 0.2) is 0 Å². The fourth-order valence-electron chi connectivity index (χ4n) is 2.37. The SMILES string of the molecule is CCCCc1nn2c(=O)cc(COC(=O)CSc3ccc(C)cc3)nc2s1. The van der Waals surface area contributed by atoms with Crippen LogP contribution in [0.15, 0.2) is 40.0 Å². The van der Waals surface area contributed by atoms with Gasteiger partial charge in [-0.2, -0.15) is 9.61 Å². The van der Waals surface area contributed by atoms with Gasteiger partial charge in [-0.15, -0.1) is 11.8 Å². The molecule has 0 aliphatic rings. The summed E-state index contributed by atoms with van der Waals surface area (Å²) in [6, 6.07) is 9.33. The Morgan fingerprint density at radius 2 is 2.07 bits per heavy atom. The average molecular weight is 404 g/mol. The Hall–Kier alpha value is -2.19. The van der Waals surface area contributed by atoms with Crippen molar-refractivity contribution in [3.8, 4) is 0 Å². The number of carbonyl (C=O) groups excluding carboxylic acids is 1. The summed E-state index contributed by atoms with van der Waals surface area (Å²) in [5.74, 6) is -0.123. The van der Waals surface area contributed by atoms with Crippen LogP contribution >= 0.6 is 23.1 Å². The van der Waals surface area contributed by atoms with Crippen molar-refractivity contribution in [2.24, 2.45) is 0 Å². The molecule has 0 aliphatic carbocycles. The van der Waals surface area contributed by atoms with Crippen molar-refractivity contribution in [1.82, 2.24) is 14.6 Å². The first-order chi connectivity index (χ1) is 13.0. The largest absolute Gasteiger partial charge is 0.459 e. The standard InChI is InChI=1S/C19H21N3O3S2/c1-3-4-5-16-21-22-17(23)10-14(20-19(22)27-16)11-25-18(24)12-26-15-8-6-13(2)7-9-15/h6-10H,3-5,11-12H2,1-2H3. The summed E-state index contributed by atoms with van der Waals surface area (Å²) >= 11 is 2.82.